The van der Waals surface area contributed by atoms with Crippen LogP contribution in [-0.2, 0) is 4.74 Å². The summed E-state index contributed by atoms with van der Waals surface area (Å²) < 4.78 is 4.95. The molecule has 8 heavy (non-hydrogen) atoms. The molecule has 0 aromatic rings. The summed E-state index contributed by atoms with van der Waals surface area (Å²) in [7, 11) is 1.78. The van der Waals surface area contributed by atoms with Crippen LogP contribution in [0.5, 0.6) is 0 Å². The molecule has 1 atom stereocenters. The average molecular weight is 178 g/mol. The number of rotatable bonds is 4. The van der Waals surface area contributed by atoms with Gasteiger partial charge >= 0.3 is 56.2 Å². The quantitative estimate of drug-likeness (QED) is 0.596. The number of hydrogen-bond acceptors (Lipinski definition) is 1. The van der Waals surface area contributed by atoms with E-state index < -0.39 is 0 Å². The van der Waals surface area contributed by atoms with E-state index in [9.17, 15) is 0 Å². The topological polar surface area (TPSA) is 9.23 Å². The van der Waals surface area contributed by atoms with Crippen molar-refractivity contribution < 1.29 is 4.74 Å². The van der Waals surface area contributed by atoms with Gasteiger partial charge in [-0.25, -0.2) is 0 Å². The second-order valence-corrected chi connectivity index (χ2v) is 7.75. The number of hydrogen-bond donors (Lipinski definition) is 0. The molecule has 0 spiro atoms. The van der Waals surface area contributed by atoms with Gasteiger partial charge < -0.3 is 0 Å². The van der Waals surface area contributed by atoms with Crippen LogP contribution in [0.4, 0.5) is 0 Å². The van der Waals surface area contributed by atoms with Crippen molar-refractivity contribution in [2.45, 2.75) is 23.1 Å². The van der Waals surface area contributed by atoms with E-state index in [0.29, 0.717) is 0 Å². The van der Waals surface area contributed by atoms with Gasteiger partial charge in [-0.2, -0.15) is 0 Å². The molecule has 0 radical (unpaired) electrons. The molecule has 0 N–H and O–H groups in total. The molecular formula is C6H15AsO. The summed E-state index contributed by atoms with van der Waals surface area (Å²) in [4.78, 5) is 0. The Morgan fingerprint density at radius 2 is 2.12 bits per heavy atom. The van der Waals surface area contributed by atoms with E-state index in [4.69, 9.17) is 4.74 Å². The van der Waals surface area contributed by atoms with Gasteiger partial charge in [0.15, 0.2) is 0 Å². The van der Waals surface area contributed by atoms with Gasteiger partial charge in [0.05, 0.1) is 0 Å². The van der Waals surface area contributed by atoms with Gasteiger partial charge in [-0.15, -0.1) is 0 Å². The number of methoxy groups -OCH3 is 1. The van der Waals surface area contributed by atoms with Crippen LogP contribution in [0.2, 0.25) is 16.1 Å². The molecule has 0 saturated carbocycles. The zero-order chi connectivity index (χ0) is 6.41. The molecule has 0 fully saturated rings. The molecule has 0 bridgehead atoms. The fourth-order valence-corrected chi connectivity index (χ4v) is 2.11. The zero-order valence-corrected chi connectivity index (χ0v) is 7.85. The Morgan fingerprint density at radius 3 is 2.50 bits per heavy atom. The zero-order valence-electron chi connectivity index (χ0n) is 5.98. The first-order valence-corrected chi connectivity index (χ1v) is 7.51. The van der Waals surface area contributed by atoms with Crippen LogP contribution >= 0.6 is 0 Å². The average Bonchev–Trinajstić information content (AvgIpc) is 1.83. The van der Waals surface area contributed by atoms with E-state index in [-0.39, 0.29) is 14.7 Å². The summed E-state index contributed by atoms with van der Waals surface area (Å²) >= 11 is -0.382. The first-order valence-electron chi connectivity index (χ1n) is 2.98. The third-order valence-electron chi connectivity index (χ3n) is 1.22. The molecule has 0 aromatic heterocycles. The van der Waals surface area contributed by atoms with Crippen LogP contribution in [-0.4, -0.2) is 28.4 Å². The van der Waals surface area contributed by atoms with Gasteiger partial charge in [0.25, 0.3) is 0 Å². The summed E-state index contributed by atoms with van der Waals surface area (Å²) in [5.41, 5.74) is 2.39. The van der Waals surface area contributed by atoms with Gasteiger partial charge in [-0.1, -0.05) is 0 Å². The van der Waals surface area contributed by atoms with Crippen molar-refractivity contribution in [2.24, 2.45) is 0 Å². The molecule has 0 amide bonds. The van der Waals surface area contributed by atoms with Crippen LogP contribution in [0.25, 0.3) is 0 Å². The van der Waals surface area contributed by atoms with E-state index in [1.165, 1.54) is 10.4 Å². The molecule has 0 rings (SSSR count). The van der Waals surface area contributed by atoms with Gasteiger partial charge in [-0.05, 0) is 0 Å². The predicted molar refractivity (Wildman–Crippen MR) is 38.8 cm³/mol. The molecular weight excluding hydrogens is 163 g/mol. The van der Waals surface area contributed by atoms with Crippen molar-refractivity contribution in [3.63, 3.8) is 0 Å². The van der Waals surface area contributed by atoms with Crippen molar-refractivity contribution in [2.75, 3.05) is 13.7 Å². The van der Waals surface area contributed by atoms with Crippen molar-refractivity contribution in [3.05, 3.63) is 0 Å². The van der Waals surface area contributed by atoms with Crippen molar-refractivity contribution in [1.82, 2.24) is 0 Å². The Labute approximate surface area is 56.7 Å². The monoisotopic (exact) mass is 178 g/mol. The third kappa shape index (κ3) is 4.67. The summed E-state index contributed by atoms with van der Waals surface area (Å²) in [5, 5.41) is 2.76. The first-order chi connectivity index (χ1) is 3.81. The second kappa shape index (κ2) is 5.65. The molecule has 0 aliphatic heterocycles. The van der Waals surface area contributed by atoms with Crippen LogP contribution in [0.1, 0.15) is 6.92 Å². The van der Waals surface area contributed by atoms with Crippen LogP contribution in [0.3, 0.4) is 0 Å². The fraction of sp³-hybridized carbons (Fsp3) is 1.00. The van der Waals surface area contributed by atoms with Crippen molar-refractivity contribution >= 4 is 14.7 Å². The first kappa shape index (κ1) is 8.52. The minimum absolute atomic E-state index is 0.382. The molecule has 50 valence electrons. The Hall–Kier alpha value is 0.518. The van der Waals surface area contributed by atoms with E-state index in [1.807, 2.05) is 0 Å². The second-order valence-electron chi connectivity index (χ2n) is 1.89. The summed E-state index contributed by atoms with van der Waals surface area (Å²) in [6.45, 7) is 3.25. The molecule has 1 nitrogen and oxygen atoms in total. The van der Waals surface area contributed by atoms with Crippen molar-refractivity contribution in [3.8, 4) is 0 Å². The van der Waals surface area contributed by atoms with E-state index in [0.717, 1.165) is 6.61 Å². The SMILES string of the molecule is CC[As](C)CCOC. The Kier molecular flexibility index (Phi) is 6.02. The third-order valence-corrected chi connectivity index (χ3v) is 5.47. The molecule has 2 heteroatoms. The van der Waals surface area contributed by atoms with Crippen LogP contribution in [0.15, 0.2) is 0 Å². The molecule has 0 aromatic carbocycles. The molecule has 0 heterocycles. The van der Waals surface area contributed by atoms with Gasteiger partial charge in [0.1, 0.15) is 0 Å². The predicted octanol–water partition coefficient (Wildman–Crippen LogP) is 1.78. The summed E-state index contributed by atoms with van der Waals surface area (Å²) in [5.74, 6) is 0. The van der Waals surface area contributed by atoms with Crippen LogP contribution < -0.4 is 0 Å². The molecule has 1 unspecified atom stereocenters. The summed E-state index contributed by atoms with van der Waals surface area (Å²) in [6, 6.07) is 0. The minimum atomic E-state index is -0.382. The van der Waals surface area contributed by atoms with E-state index >= 15 is 0 Å². The van der Waals surface area contributed by atoms with Gasteiger partial charge in [-0.3, -0.25) is 0 Å². The van der Waals surface area contributed by atoms with Gasteiger partial charge in [0.2, 0.25) is 0 Å². The molecule has 0 saturated heterocycles. The fourth-order valence-electron chi connectivity index (χ4n) is 0.405. The van der Waals surface area contributed by atoms with E-state index in [1.54, 1.807) is 7.11 Å². The van der Waals surface area contributed by atoms with Crippen molar-refractivity contribution in [1.29, 1.82) is 0 Å². The standard InChI is InChI=1S/C6H15AsO/c1-4-7(2)5-6-8-3/h4-6H2,1-3H3. The van der Waals surface area contributed by atoms with E-state index in [2.05, 4.69) is 12.6 Å². The maximum atomic E-state index is 4.95. The molecule has 0 aliphatic rings. The summed E-state index contributed by atoms with van der Waals surface area (Å²) in [6.07, 6.45) is 0. The normalized spacial score (nSPS) is 13.9. The maximum absolute atomic E-state index is 4.95. The molecule has 0 aliphatic carbocycles. The Morgan fingerprint density at radius 1 is 1.50 bits per heavy atom. The van der Waals surface area contributed by atoms with Gasteiger partial charge in [0, 0.05) is 0 Å². The van der Waals surface area contributed by atoms with Crippen LogP contribution in [0, 0.1) is 0 Å². The number of ether oxygens (including phenoxy) is 1. The Bertz CT molecular complexity index is 47.8. The Balaban J connectivity index is 2.86.